The van der Waals surface area contributed by atoms with Crippen LogP contribution >= 0.6 is 39.9 Å². The number of piperidine rings is 1. The van der Waals surface area contributed by atoms with Crippen molar-refractivity contribution in [1.82, 2.24) is 10.2 Å². The average molecular weight is 481 g/mol. The zero-order chi connectivity index (χ0) is 15.1. The van der Waals surface area contributed by atoms with E-state index in [0.717, 1.165) is 17.6 Å². The summed E-state index contributed by atoms with van der Waals surface area (Å²) in [5.74, 6) is 0.502. The number of nitrogens with zero attached hydrogens (tertiary/aromatic N) is 2. The van der Waals surface area contributed by atoms with Crippen LogP contribution in [0.25, 0.3) is 0 Å². The summed E-state index contributed by atoms with van der Waals surface area (Å²) in [6.45, 7) is 2.97. The number of nitrogens with two attached hydrogens (primary N) is 1. The first-order valence-electron chi connectivity index (χ1n) is 7.25. The summed E-state index contributed by atoms with van der Waals surface area (Å²) >= 11 is 3.34. The first kappa shape index (κ1) is 19.2. The van der Waals surface area contributed by atoms with Gasteiger partial charge < -0.3 is 16.0 Å². The predicted octanol–water partition coefficient (Wildman–Crippen LogP) is 2.60. The standard InChI is InChI=1S/C15H21BrN4O.HI/c16-13-6-4-12(5-7-13)14(21)18-8-9-19-15(17)20-10-2-1-3-11-20;/h4-7H,1-3,8-11H2,(H2,17,19)(H,18,21);1H. The summed E-state index contributed by atoms with van der Waals surface area (Å²) in [7, 11) is 0. The maximum atomic E-state index is 11.9. The molecule has 0 aliphatic carbocycles. The van der Waals surface area contributed by atoms with Crippen LogP contribution in [0.1, 0.15) is 29.6 Å². The molecule has 0 spiro atoms. The van der Waals surface area contributed by atoms with Crippen LogP contribution in [-0.4, -0.2) is 42.9 Å². The first-order valence-corrected chi connectivity index (χ1v) is 8.05. The van der Waals surface area contributed by atoms with Crippen LogP contribution in [0.2, 0.25) is 0 Å². The second-order valence-electron chi connectivity index (χ2n) is 5.05. The average Bonchev–Trinajstić information content (AvgIpc) is 2.52. The molecule has 2 rings (SSSR count). The lowest BCUT2D eigenvalue weighted by Crippen LogP contribution is -2.41. The van der Waals surface area contributed by atoms with Gasteiger partial charge in [-0.2, -0.15) is 0 Å². The SMILES string of the molecule is I.NC(=NCCNC(=O)c1ccc(Br)cc1)N1CCCCC1. The van der Waals surface area contributed by atoms with E-state index in [1.165, 1.54) is 19.3 Å². The lowest BCUT2D eigenvalue weighted by molar-refractivity contribution is 0.0955. The lowest BCUT2D eigenvalue weighted by atomic mass is 10.1. The Bertz CT molecular complexity index is 501. The minimum Gasteiger partial charge on any atom is -0.370 e. The Morgan fingerprint density at radius 3 is 2.50 bits per heavy atom. The number of likely N-dealkylation sites (tertiary alicyclic amines) is 1. The molecule has 1 aromatic carbocycles. The molecular weight excluding hydrogens is 459 g/mol. The molecule has 22 heavy (non-hydrogen) atoms. The van der Waals surface area contributed by atoms with E-state index in [0.29, 0.717) is 24.6 Å². The predicted molar refractivity (Wildman–Crippen MR) is 104 cm³/mol. The monoisotopic (exact) mass is 480 g/mol. The van der Waals surface area contributed by atoms with Gasteiger partial charge in [-0.25, -0.2) is 0 Å². The fourth-order valence-corrected chi connectivity index (χ4v) is 2.53. The van der Waals surface area contributed by atoms with Gasteiger partial charge in [0.15, 0.2) is 5.96 Å². The van der Waals surface area contributed by atoms with Crippen molar-refractivity contribution >= 4 is 51.8 Å². The molecule has 7 heteroatoms. The maximum Gasteiger partial charge on any atom is 0.251 e. The Morgan fingerprint density at radius 2 is 1.86 bits per heavy atom. The highest BCUT2D eigenvalue weighted by Crippen LogP contribution is 2.10. The van der Waals surface area contributed by atoms with Gasteiger partial charge in [0, 0.05) is 29.7 Å². The number of aliphatic imine (C=N–C) groups is 1. The number of halogens is 2. The fraction of sp³-hybridized carbons (Fsp3) is 0.467. The van der Waals surface area contributed by atoms with Crippen molar-refractivity contribution < 1.29 is 4.79 Å². The van der Waals surface area contributed by atoms with Crippen LogP contribution in [0.5, 0.6) is 0 Å². The Hall–Kier alpha value is -0.830. The molecule has 0 atom stereocenters. The summed E-state index contributed by atoms with van der Waals surface area (Å²) in [6, 6.07) is 7.26. The minimum absolute atomic E-state index is 0. The molecule has 1 heterocycles. The van der Waals surface area contributed by atoms with E-state index in [1.54, 1.807) is 12.1 Å². The fourth-order valence-electron chi connectivity index (χ4n) is 2.27. The number of carbonyl (C=O) groups is 1. The summed E-state index contributed by atoms with van der Waals surface area (Å²) in [4.78, 5) is 18.3. The van der Waals surface area contributed by atoms with E-state index in [-0.39, 0.29) is 29.9 Å². The van der Waals surface area contributed by atoms with E-state index < -0.39 is 0 Å². The number of guanidine groups is 1. The largest absolute Gasteiger partial charge is 0.370 e. The molecule has 1 aromatic rings. The molecule has 122 valence electrons. The number of rotatable bonds is 4. The van der Waals surface area contributed by atoms with Gasteiger partial charge >= 0.3 is 0 Å². The van der Waals surface area contributed by atoms with Gasteiger partial charge in [-0.1, -0.05) is 15.9 Å². The van der Waals surface area contributed by atoms with E-state index in [9.17, 15) is 4.79 Å². The smallest absolute Gasteiger partial charge is 0.251 e. The zero-order valence-corrected chi connectivity index (χ0v) is 16.3. The maximum absolute atomic E-state index is 11.9. The van der Waals surface area contributed by atoms with E-state index >= 15 is 0 Å². The number of carbonyl (C=O) groups excluding carboxylic acids is 1. The highest BCUT2D eigenvalue weighted by Gasteiger charge is 2.11. The second-order valence-corrected chi connectivity index (χ2v) is 5.97. The number of amides is 1. The number of hydrogen-bond acceptors (Lipinski definition) is 2. The molecule has 1 aliphatic rings. The Morgan fingerprint density at radius 1 is 1.23 bits per heavy atom. The normalized spacial score (nSPS) is 15.1. The highest BCUT2D eigenvalue weighted by atomic mass is 127. The van der Waals surface area contributed by atoms with Crippen LogP contribution in [0.3, 0.4) is 0 Å². The van der Waals surface area contributed by atoms with E-state index in [4.69, 9.17) is 5.73 Å². The van der Waals surface area contributed by atoms with Crippen molar-refractivity contribution in [2.45, 2.75) is 19.3 Å². The van der Waals surface area contributed by atoms with Crippen LogP contribution in [0.15, 0.2) is 33.7 Å². The van der Waals surface area contributed by atoms with Crippen molar-refractivity contribution in [3.8, 4) is 0 Å². The van der Waals surface area contributed by atoms with Crippen LogP contribution in [0.4, 0.5) is 0 Å². The minimum atomic E-state index is -0.0887. The van der Waals surface area contributed by atoms with Gasteiger partial charge in [0.1, 0.15) is 0 Å². The molecule has 1 saturated heterocycles. The Balaban J connectivity index is 0.00000242. The Kier molecular flexibility index (Phi) is 8.77. The van der Waals surface area contributed by atoms with Gasteiger partial charge in [-0.3, -0.25) is 9.79 Å². The van der Waals surface area contributed by atoms with Crippen LogP contribution in [-0.2, 0) is 0 Å². The Labute approximate surface area is 156 Å². The van der Waals surface area contributed by atoms with E-state index in [1.807, 2.05) is 12.1 Å². The molecule has 5 nitrogen and oxygen atoms in total. The van der Waals surface area contributed by atoms with Crippen LogP contribution in [0, 0.1) is 0 Å². The molecule has 0 radical (unpaired) electrons. The van der Waals surface area contributed by atoms with Gasteiger partial charge in [0.2, 0.25) is 0 Å². The summed E-state index contributed by atoms with van der Waals surface area (Å²) in [6.07, 6.45) is 3.63. The molecule has 1 fully saturated rings. The number of benzene rings is 1. The third kappa shape index (κ3) is 6.12. The lowest BCUT2D eigenvalue weighted by Gasteiger charge is -2.27. The third-order valence-electron chi connectivity index (χ3n) is 3.46. The van der Waals surface area contributed by atoms with E-state index in [2.05, 4.69) is 31.1 Å². The van der Waals surface area contributed by atoms with Crippen LogP contribution < -0.4 is 11.1 Å². The van der Waals surface area contributed by atoms with Gasteiger partial charge in [-0.05, 0) is 43.5 Å². The topological polar surface area (TPSA) is 70.7 Å². The quantitative estimate of drug-likeness (QED) is 0.301. The molecule has 1 amide bonds. The molecule has 0 bridgehead atoms. The summed E-state index contributed by atoms with van der Waals surface area (Å²) in [5.41, 5.74) is 6.60. The highest BCUT2D eigenvalue weighted by molar-refractivity contribution is 14.0. The number of hydrogen-bond donors (Lipinski definition) is 2. The summed E-state index contributed by atoms with van der Waals surface area (Å²) < 4.78 is 0.956. The van der Waals surface area contributed by atoms with Gasteiger partial charge in [0.25, 0.3) is 5.91 Å². The van der Waals surface area contributed by atoms with Gasteiger partial charge in [0.05, 0.1) is 6.54 Å². The summed E-state index contributed by atoms with van der Waals surface area (Å²) in [5, 5.41) is 2.84. The molecular formula is C15H22BrIN4O. The van der Waals surface area contributed by atoms with Crippen molar-refractivity contribution in [1.29, 1.82) is 0 Å². The van der Waals surface area contributed by atoms with Crippen molar-refractivity contribution in [3.05, 3.63) is 34.3 Å². The third-order valence-corrected chi connectivity index (χ3v) is 3.99. The van der Waals surface area contributed by atoms with Crippen molar-refractivity contribution in [2.24, 2.45) is 10.7 Å². The van der Waals surface area contributed by atoms with Crippen molar-refractivity contribution in [2.75, 3.05) is 26.2 Å². The molecule has 0 aromatic heterocycles. The first-order chi connectivity index (χ1) is 10.2. The zero-order valence-electron chi connectivity index (χ0n) is 12.4. The second kappa shape index (κ2) is 10.0. The molecule has 0 unspecified atom stereocenters. The molecule has 0 saturated carbocycles. The number of nitrogens with one attached hydrogen (secondary N) is 1. The van der Waals surface area contributed by atoms with Crippen molar-refractivity contribution in [3.63, 3.8) is 0 Å². The molecule has 1 aliphatic heterocycles. The molecule has 3 N–H and O–H groups in total. The van der Waals surface area contributed by atoms with Gasteiger partial charge in [-0.15, -0.1) is 24.0 Å².